The molecule has 3 rings (SSSR count). The van der Waals surface area contributed by atoms with Gasteiger partial charge in [0.1, 0.15) is 6.10 Å². The maximum absolute atomic E-state index is 11.3. The van der Waals surface area contributed by atoms with Gasteiger partial charge in [-0.1, -0.05) is 0 Å². The number of rotatable bonds is 2. The highest BCUT2D eigenvalue weighted by atomic mass is 16.7. The molecule has 1 aromatic rings. The Hall–Kier alpha value is -1.95. The minimum Gasteiger partial charge on any atom is -0.492 e. The number of likely N-dealkylation sites (N-methyl/N-ethyl adjacent to an activating group) is 1. The number of fused-ring (bicyclic) bond motifs is 2. The topological polar surface area (TPSA) is 57.2 Å². The smallest absolute Gasteiger partial charge is 0.303 e. The van der Waals surface area contributed by atoms with Gasteiger partial charge in [0, 0.05) is 31.1 Å². The van der Waals surface area contributed by atoms with E-state index in [-0.39, 0.29) is 18.9 Å². The SMILES string of the molecule is COc1c2c(cc3c1OCO3)C(OC(C)=O)CN(C)C2. The lowest BCUT2D eigenvalue weighted by atomic mass is 9.95. The molecule has 6 nitrogen and oxygen atoms in total. The van der Waals surface area contributed by atoms with E-state index in [2.05, 4.69) is 4.90 Å². The molecule has 0 saturated heterocycles. The van der Waals surface area contributed by atoms with Crippen LogP contribution in [0.1, 0.15) is 24.2 Å². The lowest BCUT2D eigenvalue weighted by Crippen LogP contribution is -2.32. The number of hydrogen-bond acceptors (Lipinski definition) is 6. The van der Waals surface area contributed by atoms with Crippen LogP contribution in [0, 0.1) is 0 Å². The molecule has 1 unspecified atom stereocenters. The number of esters is 1. The Kier molecular flexibility index (Phi) is 3.17. The molecule has 0 N–H and O–H groups in total. The van der Waals surface area contributed by atoms with Gasteiger partial charge in [0.25, 0.3) is 0 Å². The van der Waals surface area contributed by atoms with Crippen molar-refractivity contribution in [2.45, 2.75) is 19.6 Å². The van der Waals surface area contributed by atoms with E-state index >= 15 is 0 Å². The van der Waals surface area contributed by atoms with Crippen molar-refractivity contribution in [1.29, 1.82) is 0 Å². The third-order valence-corrected chi connectivity index (χ3v) is 3.52. The van der Waals surface area contributed by atoms with Crippen LogP contribution in [0.5, 0.6) is 17.2 Å². The van der Waals surface area contributed by atoms with Gasteiger partial charge in [-0.2, -0.15) is 0 Å². The average Bonchev–Trinajstić information content (AvgIpc) is 2.83. The van der Waals surface area contributed by atoms with Crippen LogP contribution in [0.4, 0.5) is 0 Å². The number of nitrogens with zero attached hydrogens (tertiary/aromatic N) is 1. The zero-order valence-corrected chi connectivity index (χ0v) is 11.8. The van der Waals surface area contributed by atoms with E-state index in [4.69, 9.17) is 18.9 Å². The fraction of sp³-hybridized carbons (Fsp3) is 0.500. The van der Waals surface area contributed by atoms with Gasteiger partial charge in [-0.05, 0) is 13.1 Å². The van der Waals surface area contributed by atoms with Gasteiger partial charge in [0.05, 0.1) is 7.11 Å². The lowest BCUT2D eigenvalue weighted by Gasteiger charge is -2.32. The molecule has 0 radical (unpaired) electrons. The van der Waals surface area contributed by atoms with Crippen molar-refractivity contribution in [2.24, 2.45) is 0 Å². The molecular formula is C14H17NO5. The maximum Gasteiger partial charge on any atom is 0.303 e. The minimum atomic E-state index is -0.315. The molecule has 0 bridgehead atoms. The fourth-order valence-corrected chi connectivity index (χ4v) is 2.75. The first kappa shape index (κ1) is 13.1. The minimum absolute atomic E-state index is 0.183. The summed E-state index contributed by atoms with van der Waals surface area (Å²) >= 11 is 0. The Morgan fingerprint density at radius 1 is 1.45 bits per heavy atom. The number of ether oxygens (including phenoxy) is 4. The predicted octanol–water partition coefficient (Wildman–Crippen LogP) is 1.47. The van der Waals surface area contributed by atoms with Crippen molar-refractivity contribution in [2.75, 3.05) is 27.5 Å². The van der Waals surface area contributed by atoms with E-state index < -0.39 is 0 Å². The molecule has 2 aliphatic heterocycles. The Bertz CT molecular complexity index is 557. The molecule has 2 aliphatic rings. The molecule has 1 atom stereocenters. The van der Waals surface area contributed by atoms with Crippen molar-refractivity contribution in [1.82, 2.24) is 4.90 Å². The van der Waals surface area contributed by atoms with E-state index in [1.165, 1.54) is 6.92 Å². The highest BCUT2D eigenvalue weighted by Crippen LogP contribution is 2.48. The van der Waals surface area contributed by atoms with Crippen LogP contribution in [0.15, 0.2) is 6.07 Å². The molecule has 0 aliphatic carbocycles. The summed E-state index contributed by atoms with van der Waals surface area (Å²) in [5.74, 6) is 1.64. The van der Waals surface area contributed by atoms with Crippen LogP contribution >= 0.6 is 0 Å². The molecule has 108 valence electrons. The van der Waals surface area contributed by atoms with Crippen molar-refractivity contribution in [3.05, 3.63) is 17.2 Å². The summed E-state index contributed by atoms with van der Waals surface area (Å²) in [6.45, 7) is 2.96. The van der Waals surface area contributed by atoms with Crippen molar-refractivity contribution >= 4 is 5.97 Å². The van der Waals surface area contributed by atoms with Crippen LogP contribution in [-0.2, 0) is 16.1 Å². The molecule has 0 amide bonds. The monoisotopic (exact) mass is 279 g/mol. The summed E-state index contributed by atoms with van der Waals surface area (Å²) < 4.78 is 21.8. The summed E-state index contributed by atoms with van der Waals surface area (Å²) in [5.41, 5.74) is 1.91. The standard InChI is InChI=1S/C14H17NO5/c1-8(16)20-12-6-15(2)5-10-9(12)4-11-14(13(10)17-3)19-7-18-11/h4,12H,5-7H2,1-3H3. The van der Waals surface area contributed by atoms with Gasteiger partial charge in [-0.3, -0.25) is 9.69 Å². The number of carbonyl (C=O) groups is 1. The molecule has 6 heteroatoms. The predicted molar refractivity (Wildman–Crippen MR) is 70.0 cm³/mol. The number of hydrogen-bond donors (Lipinski definition) is 0. The van der Waals surface area contributed by atoms with Gasteiger partial charge >= 0.3 is 5.97 Å². The van der Waals surface area contributed by atoms with Gasteiger partial charge in [-0.15, -0.1) is 0 Å². The van der Waals surface area contributed by atoms with E-state index in [1.807, 2.05) is 13.1 Å². The van der Waals surface area contributed by atoms with Gasteiger partial charge < -0.3 is 18.9 Å². The van der Waals surface area contributed by atoms with Gasteiger partial charge in [0.2, 0.25) is 12.5 Å². The van der Waals surface area contributed by atoms with E-state index in [0.717, 1.165) is 11.1 Å². The van der Waals surface area contributed by atoms with Crippen molar-refractivity contribution in [3.63, 3.8) is 0 Å². The van der Waals surface area contributed by atoms with Crippen LogP contribution in [0.25, 0.3) is 0 Å². The first-order valence-corrected chi connectivity index (χ1v) is 6.45. The molecular weight excluding hydrogens is 262 g/mol. The van der Waals surface area contributed by atoms with Gasteiger partial charge in [-0.25, -0.2) is 0 Å². The van der Waals surface area contributed by atoms with Crippen molar-refractivity contribution in [3.8, 4) is 17.2 Å². The summed E-state index contributed by atoms with van der Waals surface area (Å²) in [7, 11) is 3.58. The Labute approximate surface area is 117 Å². The Morgan fingerprint density at radius 3 is 2.95 bits per heavy atom. The quantitative estimate of drug-likeness (QED) is 0.764. The van der Waals surface area contributed by atoms with Crippen LogP contribution in [-0.4, -0.2) is 38.4 Å². The lowest BCUT2D eigenvalue weighted by molar-refractivity contribution is -0.148. The number of carbonyl (C=O) groups excluding carboxylic acids is 1. The molecule has 1 aromatic carbocycles. The highest BCUT2D eigenvalue weighted by molar-refractivity contribution is 5.67. The van der Waals surface area contributed by atoms with Crippen LogP contribution in [0.2, 0.25) is 0 Å². The highest BCUT2D eigenvalue weighted by Gasteiger charge is 2.33. The largest absolute Gasteiger partial charge is 0.492 e. The summed E-state index contributed by atoms with van der Waals surface area (Å²) in [6, 6.07) is 1.89. The zero-order valence-electron chi connectivity index (χ0n) is 11.8. The second-order valence-corrected chi connectivity index (χ2v) is 5.01. The second kappa shape index (κ2) is 4.86. The molecule has 0 aromatic heterocycles. The molecule has 0 spiro atoms. The summed E-state index contributed by atoms with van der Waals surface area (Å²) in [5, 5.41) is 0. The fourth-order valence-electron chi connectivity index (χ4n) is 2.75. The van der Waals surface area contributed by atoms with E-state index in [1.54, 1.807) is 7.11 Å². The molecule has 2 heterocycles. The third-order valence-electron chi connectivity index (χ3n) is 3.52. The zero-order chi connectivity index (χ0) is 14.3. The number of benzene rings is 1. The van der Waals surface area contributed by atoms with E-state index in [9.17, 15) is 4.79 Å². The normalized spacial score (nSPS) is 20.4. The summed E-state index contributed by atoms with van der Waals surface area (Å²) in [6.07, 6.45) is -0.315. The van der Waals surface area contributed by atoms with Crippen LogP contribution < -0.4 is 14.2 Å². The molecule has 20 heavy (non-hydrogen) atoms. The first-order chi connectivity index (χ1) is 9.60. The second-order valence-electron chi connectivity index (χ2n) is 5.01. The summed E-state index contributed by atoms with van der Waals surface area (Å²) in [4.78, 5) is 13.4. The number of methoxy groups -OCH3 is 1. The average molecular weight is 279 g/mol. The third kappa shape index (κ3) is 2.06. The van der Waals surface area contributed by atoms with Crippen LogP contribution in [0.3, 0.4) is 0 Å². The Balaban J connectivity index is 2.11. The first-order valence-electron chi connectivity index (χ1n) is 6.45. The van der Waals surface area contributed by atoms with E-state index in [0.29, 0.717) is 30.3 Å². The van der Waals surface area contributed by atoms with Crippen molar-refractivity contribution < 1.29 is 23.7 Å². The molecule has 0 fully saturated rings. The molecule has 0 saturated carbocycles. The maximum atomic E-state index is 11.3. The Morgan fingerprint density at radius 2 is 2.25 bits per heavy atom. The van der Waals surface area contributed by atoms with Gasteiger partial charge in [0.15, 0.2) is 11.5 Å².